The summed E-state index contributed by atoms with van der Waals surface area (Å²) >= 11 is 0. The maximum absolute atomic E-state index is 15.8. The number of halogens is 12. The molecule has 4 atom stereocenters. The SMILES string of the molecule is COC(=O)C[C@H](C(=O)NN(Cc1c(F)cc(C(N)=CC=NC(F)F)cc1F)C[C@H](O)[C@@H](CC(=O)[C@@H](NC(=O)OC)C(C)(C)C(F)(F)F)Cc1ccc(-c2cnn(C(F)F)c2)cc1)C(C)(C)C(F)(F)F. The van der Waals surface area contributed by atoms with Gasteiger partial charge in [-0.05, 0) is 55.5 Å². The number of aliphatic hydroxyl groups is 1. The predicted octanol–water partition coefficient (Wildman–Crippen LogP) is 7.91. The summed E-state index contributed by atoms with van der Waals surface area (Å²) in [6, 6.07) is 4.41. The highest BCUT2D eigenvalue weighted by molar-refractivity contribution is 5.89. The van der Waals surface area contributed by atoms with E-state index in [2.05, 4.69) is 19.6 Å². The molecule has 0 aliphatic carbocycles. The van der Waals surface area contributed by atoms with Gasteiger partial charge in [-0.2, -0.15) is 49.0 Å². The summed E-state index contributed by atoms with van der Waals surface area (Å²) in [7, 11) is 1.62. The third-order valence-electron chi connectivity index (χ3n) is 11.3. The number of amides is 2. The molecule has 1 aromatic heterocycles. The molecule has 2 amide bonds. The number of ketones is 1. The summed E-state index contributed by atoms with van der Waals surface area (Å²) < 4.78 is 179. The summed E-state index contributed by atoms with van der Waals surface area (Å²) in [5, 5.41) is 17.9. The normalized spacial score (nSPS) is 14.8. The number of aliphatic hydroxyl groups excluding tert-OH is 1. The molecule has 0 unspecified atom stereocenters. The predicted molar refractivity (Wildman–Crippen MR) is 222 cm³/mol. The van der Waals surface area contributed by atoms with E-state index in [1.54, 1.807) is 0 Å². The monoisotopic (exact) mass is 1000 g/mol. The fourth-order valence-corrected chi connectivity index (χ4v) is 6.73. The van der Waals surface area contributed by atoms with Gasteiger partial charge in [0.2, 0.25) is 5.91 Å². The molecule has 69 heavy (non-hydrogen) atoms. The van der Waals surface area contributed by atoms with Crippen molar-refractivity contribution < 1.29 is 86.4 Å². The van der Waals surface area contributed by atoms with Gasteiger partial charge in [-0.1, -0.05) is 38.1 Å². The molecular formula is C43H49F12N7O7. The number of rotatable bonds is 22. The number of methoxy groups -OCH3 is 2. The van der Waals surface area contributed by atoms with Crippen molar-refractivity contribution in [3.63, 3.8) is 0 Å². The highest BCUT2D eigenvalue weighted by Crippen LogP contribution is 2.45. The zero-order valence-corrected chi connectivity index (χ0v) is 37.6. The molecule has 2 aromatic carbocycles. The number of ether oxygens (including phenoxy) is 2. The molecule has 0 bridgehead atoms. The van der Waals surface area contributed by atoms with Crippen LogP contribution in [0.2, 0.25) is 0 Å². The molecule has 382 valence electrons. The average molecular weight is 1000 g/mol. The number of nitrogens with two attached hydrogens (primary N) is 1. The number of hydrazine groups is 1. The maximum atomic E-state index is 15.8. The minimum Gasteiger partial charge on any atom is -0.469 e. The Hall–Kier alpha value is -6.18. The lowest BCUT2D eigenvalue weighted by molar-refractivity contribution is -0.231. The number of Topliss-reactive ketones (excluding diaryl/α,β-unsaturated/α-hetero) is 1. The van der Waals surface area contributed by atoms with Gasteiger partial charge in [0.15, 0.2) is 5.78 Å². The molecule has 0 saturated carbocycles. The quantitative estimate of drug-likeness (QED) is 0.0253. The van der Waals surface area contributed by atoms with Crippen LogP contribution in [0.25, 0.3) is 16.8 Å². The van der Waals surface area contributed by atoms with Crippen molar-refractivity contribution in [1.82, 2.24) is 25.5 Å². The van der Waals surface area contributed by atoms with Crippen molar-refractivity contribution in [1.29, 1.82) is 0 Å². The molecule has 0 radical (unpaired) electrons. The van der Waals surface area contributed by atoms with Crippen LogP contribution in [0.1, 0.15) is 63.8 Å². The summed E-state index contributed by atoms with van der Waals surface area (Å²) in [6.45, 7) is -6.05. The average Bonchev–Trinajstić information content (AvgIpc) is 3.75. The second-order valence-electron chi connectivity index (χ2n) is 16.7. The Labute approximate surface area is 386 Å². The van der Waals surface area contributed by atoms with E-state index >= 15 is 8.78 Å². The minimum atomic E-state index is -5.18. The molecule has 0 fully saturated rings. The fraction of sp³-hybridized carbons (Fsp3) is 0.488. The summed E-state index contributed by atoms with van der Waals surface area (Å²) in [5.41, 5.74) is 0.722. The number of esters is 1. The van der Waals surface area contributed by atoms with Gasteiger partial charge in [0.05, 0.1) is 49.7 Å². The van der Waals surface area contributed by atoms with Gasteiger partial charge in [-0.25, -0.2) is 28.3 Å². The number of carbonyl (C=O) groups excluding carboxylic acids is 4. The molecule has 1 heterocycles. The van der Waals surface area contributed by atoms with E-state index in [0.717, 1.165) is 32.7 Å². The summed E-state index contributed by atoms with van der Waals surface area (Å²) in [5.74, 6) is -11.0. The number of aliphatic imine (C=N–C) groups is 1. The Morgan fingerprint density at radius 2 is 1.46 bits per heavy atom. The number of alkyl halides is 10. The number of hydrogen-bond donors (Lipinski definition) is 4. The Morgan fingerprint density at radius 3 is 1.96 bits per heavy atom. The molecule has 14 nitrogen and oxygen atoms in total. The van der Waals surface area contributed by atoms with Crippen molar-refractivity contribution in [3.05, 3.63) is 83.2 Å². The van der Waals surface area contributed by atoms with E-state index in [0.29, 0.717) is 61.3 Å². The largest absolute Gasteiger partial charge is 0.469 e. The molecule has 3 aromatic rings. The van der Waals surface area contributed by atoms with E-state index in [9.17, 15) is 68.2 Å². The summed E-state index contributed by atoms with van der Waals surface area (Å²) in [4.78, 5) is 55.3. The topological polar surface area (TPSA) is 190 Å². The Balaban J connectivity index is 2.21. The van der Waals surface area contributed by atoms with Gasteiger partial charge in [-0.3, -0.25) is 19.8 Å². The van der Waals surface area contributed by atoms with Gasteiger partial charge in [-0.15, -0.1) is 0 Å². The highest BCUT2D eigenvalue weighted by atomic mass is 19.4. The van der Waals surface area contributed by atoms with Crippen LogP contribution in [0.15, 0.2) is 59.9 Å². The van der Waals surface area contributed by atoms with Crippen molar-refractivity contribution in [2.45, 2.75) is 91.1 Å². The number of nitrogens with one attached hydrogen (secondary N) is 2. The lowest BCUT2D eigenvalue weighted by Gasteiger charge is -2.37. The highest BCUT2D eigenvalue weighted by Gasteiger charge is 2.57. The molecular weight excluding hydrogens is 954 g/mol. The Kier molecular flexibility index (Phi) is 19.4. The van der Waals surface area contributed by atoms with Crippen LogP contribution in [-0.4, -0.2) is 102 Å². The number of allylic oxidation sites excluding steroid dienone is 1. The molecule has 0 saturated heterocycles. The number of aromatic nitrogens is 2. The standard InChI is InChI=1S/C43H49F12N7O7/c1-40(2,42(50,51)52)28(17-34(65)68-5)36(66)60-61(20-27-29(44)14-24(15-30(27)45)31(56)11-12-57-37(46)47)21-33(64)25(16-32(63)35(59-39(67)69-6)41(3,4)43(53,54)55)13-22-7-9-23(10-8-22)26-18-58-62(19-26)38(48)49/h7-12,14-15,18-19,25,28,33,35,37-38,64H,13,16-17,20-21,56H2,1-6H3,(H,59,67)(H,60,66)/t25-,28-,33+,35-/m1/s1. The first-order chi connectivity index (χ1) is 31.8. The number of alkyl carbamates (subject to hydrolysis) is 1. The Bertz CT molecular complexity index is 2290. The van der Waals surface area contributed by atoms with Crippen LogP contribution >= 0.6 is 0 Å². The molecule has 0 aliphatic heterocycles. The van der Waals surface area contributed by atoms with E-state index in [1.165, 1.54) is 24.3 Å². The third kappa shape index (κ3) is 15.2. The number of carbonyl (C=O) groups is 4. The number of nitrogens with zero attached hydrogens (tertiary/aromatic N) is 4. The van der Waals surface area contributed by atoms with E-state index in [-0.39, 0.29) is 11.1 Å². The van der Waals surface area contributed by atoms with Crippen LogP contribution in [0, 0.1) is 34.3 Å². The van der Waals surface area contributed by atoms with Crippen LogP contribution in [0.4, 0.5) is 57.5 Å². The van der Waals surface area contributed by atoms with E-state index in [4.69, 9.17) is 5.73 Å². The van der Waals surface area contributed by atoms with E-state index in [1.807, 2.05) is 10.7 Å². The van der Waals surface area contributed by atoms with E-state index < -0.39 is 145 Å². The lowest BCUT2D eigenvalue weighted by atomic mass is 9.75. The van der Waals surface area contributed by atoms with Gasteiger partial charge in [0.25, 0.3) is 0 Å². The van der Waals surface area contributed by atoms with Crippen LogP contribution in [0.5, 0.6) is 0 Å². The van der Waals surface area contributed by atoms with Crippen LogP contribution in [0.3, 0.4) is 0 Å². The number of benzene rings is 2. The first-order valence-electron chi connectivity index (χ1n) is 20.3. The van der Waals surface area contributed by atoms with Crippen molar-refractivity contribution in [2.75, 3.05) is 20.8 Å². The molecule has 0 aliphatic rings. The fourth-order valence-electron chi connectivity index (χ4n) is 6.73. The molecule has 0 spiro atoms. The van der Waals surface area contributed by atoms with Gasteiger partial charge < -0.3 is 25.6 Å². The van der Waals surface area contributed by atoms with Gasteiger partial charge in [0, 0.05) is 54.3 Å². The first kappa shape index (κ1) is 57.1. The van der Waals surface area contributed by atoms with Crippen molar-refractivity contribution >= 4 is 35.7 Å². The number of hydrogen-bond acceptors (Lipinski definition) is 11. The molecule has 26 heteroatoms. The third-order valence-corrected chi connectivity index (χ3v) is 11.3. The lowest BCUT2D eigenvalue weighted by Crippen LogP contribution is -2.57. The van der Waals surface area contributed by atoms with Gasteiger partial charge >= 0.3 is 37.5 Å². The zero-order chi connectivity index (χ0) is 52.4. The zero-order valence-electron chi connectivity index (χ0n) is 37.6. The smallest absolute Gasteiger partial charge is 0.407 e. The van der Waals surface area contributed by atoms with Crippen molar-refractivity contribution in [3.8, 4) is 11.1 Å². The molecule has 5 N–H and O–H groups in total. The van der Waals surface area contributed by atoms with Crippen molar-refractivity contribution in [2.24, 2.45) is 33.4 Å². The minimum absolute atomic E-state index is 0.220. The second-order valence-corrected chi connectivity index (χ2v) is 16.7. The first-order valence-corrected chi connectivity index (χ1v) is 20.3. The maximum Gasteiger partial charge on any atom is 0.407 e. The summed E-state index contributed by atoms with van der Waals surface area (Å²) in [6.07, 6.45) is -13.1. The second kappa shape index (κ2) is 23.4. The molecule has 3 rings (SSSR count). The van der Waals surface area contributed by atoms with Crippen LogP contribution < -0.4 is 16.5 Å². The van der Waals surface area contributed by atoms with Gasteiger partial charge in [0.1, 0.15) is 17.7 Å². The Morgan fingerprint density at radius 1 is 0.884 bits per heavy atom. The van der Waals surface area contributed by atoms with Crippen LogP contribution in [-0.2, 0) is 36.8 Å².